The average molecular weight is 146 g/mol. The molecule has 0 fully saturated rings. The smallest absolute Gasteiger partial charge is 0.180 e. The average Bonchev–Trinajstić information content (AvgIpc) is 1.77. The molecule has 0 saturated heterocycles. The van der Waals surface area contributed by atoms with Gasteiger partial charge in [-0.3, -0.25) is 0 Å². The second kappa shape index (κ2) is 3.30. The molecule has 0 spiro atoms. The van der Waals surface area contributed by atoms with Crippen molar-refractivity contribution in [2.75, 3.05) is 0 Å². The molecule has 0 bridgehead atoms. The van der Waals surface area contributed by atoms with E-state index in [9.17, 15) is 5.21 Å². The highest BCUT2D eigenvalue weighted by Crippen LogP contribution is 1.87. The SMILES string of the molecule is Cc1cc[n+]([O-])cc1.Cl. The molecule has 0 amide bonds. The van der Waals surface area contributed by atoms with Gasteiger partial charge in [0.1, 0.15) is 0 Å². The summed E-state index contributed by atoms with van der Waals surface area (Å²) in [5, 5.41) is 10.3. The zero-order valence-electron chi connectivity index (χ0n) is 5.07. The normalized spacial score (nSPS) is 8.11. The van der Waals surface area contributed by atoms with Crippen molar-refractivity contribution >= 4 is 12.4 Å². The van der Waals surface area contributed by atoms with Gasteiger partial charge in [0.2, 0.25) is 0 Å². The van der Waals surface area contributed by atoms with E-state index in [0.29, 0.717) is 0 Å². The summed E-state index contributed by atoms with van der Waals surface area (Å²) in [5.74, 6) is 0. The zero-order valence-corrected chi connectivity index (χ0v) is 5.89. The van der Waals surface area contributed by atoms with Crippen molar-refractivity contribution in [2.45, 2.75) is 6.92 Å². The van der Waals surface area contributed by atoms with Gasteiger partial charge in [-0.25, -0.2) is 0 Å². The summed E-state index contributed by atoms with van der Waals surface area (Å²) in [5.41, 5.74) is 1.11. The first-order chi connectivity index (χ1) is 3.79. The molecule has 0 aromatic carbocycles. The monoisotopic (exact) mass is 145 g/mol. The number of nitrogens with zero attached hydrogens (tertiary/aromatic N) is 1. The molecule has 3 heteroatoms. The molecule has 0 atom stereocenters. The van der Waals surface area contributed by atoms with Crippen molar-refractivity contribution in [3.63, 3.8) is 0 Å². The Balaban J connectivity index is 0.000000640. The van der Waals surface area contributed by atoms with E-state index < -0.39 is 0 Å². The van der Waals surface area contributed by atoms with Gasteiger partial charge in [0.05, 0.1) is 0 Å². The van der Waals surface area contributed by atoms with Crippen molar-refractivity contribution in [3.8, 4) is 0 Å². The summed E-state index contributed by atoms with van der Waals surface area (Å²) in [4.78, 5) is 0. The second-order valence-electron chi connectivity index (χ2n) is 1.74. The Morgan fingerprint density at radius 1 is 1.33 bits per heavy atom. The van der Waals surface area contributed by atoms with E-state index >= 15 is 0 Å². The summed E-state index contributed by atoms with van der Waals surface area (Å²) in [7, 11) is 0. The number of halogens is 1. The fourth-order valence-corrected chi connectivity index (χ4v) is 0.487. The molecular formula is C6H8ClNO. The van der Waals surface area contributed by atoms with Gasteiger partial charge >= 0.3 is 0 Å². The lowest BCUT2D eigenvalue weighted by molar-refractivity contribution is -0.605. The topological polar surface area (TPSA) is 26.9 Å². The van der Waals surface area contributed by atoms with Crippen LogP contribution in [0, 0.1) is 12.1 Å². The highest BCUT2D eigenvalue weighted by molar-refractivity contribution is 5.85. The quantitative estimate of drug-likeness (QED) is 0.396. The highest BCUT2D eigenvalue weighted by Gasteiger charge is 1.83. The summed E-state index contributed by atoms with van der Waals surface area (Å²) in [6.07, 6.45) is 2.96. The molecule has 0 aliphatic heterocycles. The Kier molecular flexibility index (Phi) is 3.02. The molecule has 1 rings (SSSR count). The molecule has 0 unspecified atom stereocenters. The van der Waals surface area contributed by atoms with E-state index in [1.165, 1.54) is 12.4 Å². The van der Waals surface area contributed by atoms with Gasteiger partial charge in [0, 0.05) is 12.1 Å². The molecule has 1 heterocycles. The highest BCUT2D eigenvalue weighted by atomic mass is 35.5. The number of rotatable bonds is 0. The first-order valence-electron chi connectivity index (χ1n) is 2.44. The van der Waals surface area contributed by atoms with E-state index in [1.54, 1.807) is 12.1 Å². The standard InChI is InChI=1S/C6H7NO.ClH/c1-6-2-4-7(8)5-3-6;/h2-5H,1H3;1H. The predicted molar refractivity (Wildman–Crippen MR) is 37.4 cm³/mol. The first kappa shape index (κ1) is 8.24. The minimum atomic E-state index is 0. The van der Waals surface area contributed by atoms with E-state index in [4.69, 9.17) is 0 Å². The Labute approximate surface area is 60.1 Å². The van der Waals surface area contributed by atoms with Crippen LogP contribution in [0.25, 0.3) is 0 Å². The molecule has 1 aromatic heterocycles. The Bertz CT molecular complexity index is 152. The minimum Gasteiger partial charge on any atom is -0.619 e. The Morgan fingerprint density at radius 2 is 1.78 bits per heavy atom. The van der Waals surface area contributed by atoms with Crippen LogP contribution in [0.3, 0.4) is 0 Å². The molecule has 0 saturated carbocycles. The van der Waals surface area contributed by atoms with Gasteiger partial charge in [0.15, 0.2) is 12.4 Å². The van der Waals surface area contributed by atoms with Gasteiger partial charge in [-0.2, -0.15) is 4.73 Å². The Morgan fingerprint density at radius 3 is 2.11 bits per heavy atom. The van der Waals surface area contributed by atoms with Crippen molar-refractivity contribution in [3.05, 3.63) is 35.3 Å². The summed E-state index contributed by atoms with van der Waals surface area (Å²) in [6.45, 7) is 1.94. The molecule has 2 nitrogen and oxygen atoms in total. The van der Waals surface area contributed by atoms with Crippen LogP contribution >= 0.6 is 12.4 Å². The van der Waals surface area contributed by atoms with Crippen LogP contribution in [0.15, 0.2) is 24.5 Å². The van der Waals surface area contributed by atoms with E-state index in [0.717, 1.165) is 10.3 Å². The van der Waals surface area contributed by atoms with Crippen LogP contribution in [-0.2, 0) is 0 Å². The van der Waals surface area contributed by atoms with Crippen molar-refractivity contribution in [2.24, 2.45) is 0 Å². The number of hydrogen-bond donors (Lipinski definition) is 0. The maximum absolute atomic E-state index is 10.3. The van der Waals surface area contributed by atoms with Crippen LogP contribution in [0.2, 0.25) is 0 Å². The second-order valence-corrected chi connectivity index (χ2v) is 1.74. The zero-order chi connectivity index (χ0) is 5.98. The van der Waals surface area contributed by atoms with Crippen molar-refractivity contribution in [1.82, 2.24) is 0 Å². The van der Waals surface area contributed by atoms with Crippen LogP contribution in [0.1, 0.15) is 5.56 Å². The van der Waals surface area contributed by atoms with Crippen molar-refractivity contribution in [1.29, 1.82) is 0 Å². The molecule has 0 aliphatic rings. The maximum Gasteiger partial charge on any atom is 0.180 e. The lowest BCUT2D eigenvalue weighted by atomic mass is 10.3. The van der Waals surface area contributed by atoms with Crippen LogP contribution in [0.4, 0.5) is 0 Å². The third-order valence-electron chi connectivity index (χ3n) is 0.969. The van der Waals surface area contributed by atoms with E-state index in [1.807, 2.05) is 6.92 Å². The van der Waals surface area contributed by atoms with Crippen LogP contribution in [-0.4, -0.2) is 0 Å². The molecule has 0 radical (unpaired) electrons. The van der Waals surface area contributed by atoms with Gasteiger partial charge < -0.3 is 5.21 Å². The van der Waals surface area contributed by atoms with E-state index in [-0.39, 0.29) is 12.4 Å². The summed E-state index contributed by atoms with van der Waals surface area (Å²) in [6, 6.07) is 3.54. The van der Waals surface area contributed by atoms with Crippen LogP contribution in [0.5, 0.6) is 0 Å². The third-order valence-corrected chi connectivity index (χ3v) is 0.969. The van der Waals surface area contributed by atoms with Gasteiger partial charge in [-0.1, -0.05) is 0 Å². The van der Waals surface area contributed by atoms with Gasteiger partial charge in [0.25, 0.3) is 0 Å². The summed E-state index contributed by atoms with van der Waals surface area (Å²) < 4.78 is 0.771. The molecule has 0 N–H and O–H groups in total. The lowest BCUT2D eigenvalue weighted by Gasteiger charge is -1.92. The number of aryl methyl sites for hydroxylation is 1. The van der Waals surface area contributed by atoms with Crippen LogP contribution < -0.4 is 4.73 Å². The van der Waals surface area contributed by atoms with Gasteiger partial charge in [-0.05, 0) is 12.5 Å². The lowest BCUT2D eigenvalue weighted by Crippen LogP contribution is -2.23. The van der Waals surface area contributed by atoms with E-state index in [2.05, 4.69) is 0 Å². The number of aromatic nitrogens is 1. The Hall–Kier alpha value is -0.760. The first-order valence-corrected chi connectivity index (χ1v) is 2.44. The third kappa shape index (κ3) is 2.33. The minimum absolute atomic E-state index is 0. The maximum atomic E-state index is 10.3. The number of hydrogen-bond acceptors (Lipinski definition) is 1. The van der Waals surface area contributed by atoms with Crippen molar-refractivity contribution < 1.29 is 4.73 Å². The van der Waals surface area contributed by atoms with Gasteiger partial charge in [-0.15, -0.1) is 12.4 Å². The molecule has 9 heavy (non-hydrogen) atoms. The summed E-state index contributed by atoms with van der Waals surface area (Å²) >= 11 is 0. The molecule has 0 aliphatic carbocycles. The molecular weight excluding hydrogens is 138 g/mol. The molecule has 1 aromatic rings. The molecule has 50 valence electrons. The predicted octanol–water partition coefficient (Wildman–Crippen LogP) is 1.05. The number of pyridine rings is 1. The fourth-order valence-electron chi connectivity index (χ4n) is 0.487. The largest absolute Gasteiger partial charge is 0.619 e. The fraction of sp³-hybridized carbons (Fsp3) is 0.167.